The van der Waals surface area contributed by atoms with E-state index < -0.39 is 11.4 Å². The summed E-state index contributed by atoms with van der Waals surface area (Å²) in [7, 11) is 0. The van der Waals surface area contributed by atoms with Crippen LogP contribution in [0.2, 0.25) is 0 Å². The number of hydrogen-bond acceptors (Lipinski definition) is 7. The van der Waals surface area contributed by atoms with Gasteiger partial charge >= 0.3 is 0 Å². The van der Waals surface area contributed by atoms with E-state index in [9.17, 15) is 9.90 Å². The highest BCUT2D eigenvalue weighted by Crippen LogP contribution is 2.41. The van der Waals surface area contributed by atoms with Crippen LogP contribution in [0, 0.1) is 5.82 Å². The topological polar surface area (TPSA) is 124 Å². The molecule has 198 valence electrons. The van der Waals surface area contributed by atoms with Crippen molar-refractivity contribution in [1.29, 1.82) is 0 Å². The number of rotatable bonds is 7. The second kappa shape index (κ2) is 9.63. The number of fused-ring (bicyclic) bond motifs is 1. The van der Waals surface area contributed by atoms with Crippen LogP contribution in [0.3, 0.4) is 0 Å². The largest absolute Gasteiger partial charge is 0.392 e. The zero-order valence-corrected chi connectivity index (χ0v) is 21.6. The molecule has 4 N–H and O–H groups in total. The maximum Gasteiger partial charge on any atom is 0.265 e. The number of nitrogens with one attached hydrogen (secondary N) is 1. The van der Waals surface area contributed by atoms with E-state index in [-0.39, 0.29) is 29.8 Å². The molecule has 0 radical (unpaired) electrons. The van der Waals surface area contributed by atoms with Crippen LogP contribution >= 0.6 is 0 Å². The summed E-state index contributed by atoms with van der Waals surface area (Å²) in [5.41, 5.74) is 9.16. The Balaban J connectivity index is 1.42. The van der Waals surface area contributed by atoms with Gasteiger partial charge in [0.2, 0.25) is 5.95 Å². The quantitative estimate of drug-likeness (QED) is 0.271. The Morgan fingerprint density at radius 3 is 2.72 bits per heavy atom. The van der Waals surface area contributed by atoms with Gasteiger partial charge in [0.05, 0.1) is 35.3 Å². The van der Waals surface area contributed by atoms with Crippen molar-refractivity contribution in [2.24, 2.45) is 0 Å². The van der Waals surface area contributed by atoms with Crippen LogP contribution in [-0.4, -0.2) is 29.4 Å². The fraction of sp³-hybridized carbons (Fsp3) is 0.241. The number of halogens is 1. The first-order valence-electron chi connectivity index (χ1n) is 12.9. The zero-order chi connectivity index (χ0) is 27.3. The molecule has 39 heavy (non-hydrogen) atoms. The van der Waals surface area contributed by atoms with E-state index in [0.717, 1.165) is 18.4 Å². The van der Waals surface area contributed by atoms with E-state index in [1.54, 1.807) is 47.4 Å². The van der Waals surface area contributed by atoms with Crippen molar-refractivity contribution in [3.63, 3.8) is 0 Å². The summed E-state index contributed by atoms with van der Waals surface area (Å²) in [6, 6.07) is 12.1. The summed E-state index contributed by atoms with van der Waals surface area (Å²) in [6.07, 6.45) is 7.22. The molecule has 3 heterocycles. The minimum absolute atomic E-state index is 0.0240. The minimum atomic E-state index is -0.532. The van der Waals surface area contributed by atoms with Gasteiger partial charge in [0.15, 0.2) is 0 Å². The maximum absolute atomic E-state index is 15.1. The lowest BCUT2D eigenvalue weighted by atomic mass is 10.0. The van der Waals surface area contributed by atoms with Gasteiger partial charge in [-0.2, -0.15) is 10.1 Å². The highest BCUT2D eigenvalue weighted by molar-refractivity contribution is 5.84. The third kappa shape index (κ3) is 4.63. The zero-order valence-electron chi connectivity index (χ0n) is 21.6. The Labute approximate surface area is 223 Å². The number of nitrogen functional groups attached to an aromatic ring is 1. The van der Waals surface area contributed by atoms with Crippen molar-refractivity contribution in [1.82, 2.24) is 24.3 Å². The summed E-state index contributed by atoms with van der Waals surface area (Å²) in [4.78, 5) is 22.4. The predicted molar refractivity (Wildman–Crippen MR) is 149 cm³/mol. The van der Waals surface area contributed by atoms with Crippen molar-refractivity contribution in [2.75, 3.05) is 11.1 Å². The lowest BCUT2D eigenvalue weighted by molar-refractivity contribution is 0.282. The number of hydrogen-bond donors (Lipinski definition) is 3. The Bertz CT molecular complexity index is 1770. The highest BCUT2D eigenvalue weighted by atomic mass is 19.1. The molecule has 0 spiro atoms. The molecule has 0 atom stereocenters. The number of nitrogens with two attached hydrogens (primary N) is 1. The van der Waals surface area contributed by atoms with Crippen molar-refractivity contribution in [3.8, 4) is 16.9 Å². The molecule has 0 bridgehead atoms. The van der Waals surface area contributed by atoms with Crippen LogP contribution in [0.1, 0.15) is 49.8 Å². The standard InChI is InChI=1S/C29H28FN7O2/c1-16(2)37-14-20(13-32-37)33-29-34-24(12-26(31)35-29)21-4-3-5-25(22(21)15-38)36-9-8-18-10-19(17-6-7-17)11-23(30)27(18)28(36)39/h3-5,8-14,16-17,38H,6-7,15H2,1-2H3,(H3,31,33,34,35). The Morgan fingerprint density at radius 1 is 1.18 bits per heavy atom. The Kier molecular flexibility index (Phi) is 6.11. The third-order valence-corrected chi connectivity index (χ3v) is 7.01. The molecule has 1 aliphatic rings. The normalized spacial score (nSPS) is 13.4. The van der Waals surface area contributed by atoms with Crippen LogP contribution in [-0.2, 0) is 6.61 Å². The summed E-state index contributed by atoms with van der Waals surface area (Å²) in [6.45, 7) is 3.67. The maximum atomic E-state index is 15.1. The number of anilines is 3. The van der Waals surface area contributed by atoms with Gasteiger partial charge < -0.3 is 16.2 Å². The minimum Gasteiger partial charge on any atom is -0.392 e. The molecule has 1 fully saturated rings. The molecule has 2 aromatic carbocycles. The van der Waals surface area contributed by atoms with E-state index in [4.69, 9.17) is 5.73 Å². The highest BCUT2D eigenvalue weighted by Gasteiger charge is 2.25. The van der Waals surface area contributed by atoms with E-state index in [1.807, 2.05) is 26.1 Å². The first-order chi connectivity index (χ1) is 18.8. The lowest BCUT2D eigenvalue weighted by Crippen LogP contribution is -2.20. The molecule has 0 aliphatic heterocycles. The van der Waals surface area contributed by atoms with Crippen molar-refractivity contribution in [3.05, 3.63) is 88.4 Å². The van der Waals surface area contributed by atoms with Crippen LogP contribution in [0.4, 0.5) is 21.8 Å². The first-order valence-corrected chi connectivity index (χ1v) is 12.9. The SMILES string of the molecule is CC(C)n1cc(Nc2nc(N)cc(-c3cccc(-n4ccc5cc(C6CC6)cc(F)c5c4=O)c3CO)n2)cn1. The molecule has 5 aromatic rings. The molecule has 9 nitrogen and oxygen atoms in total. The number of nitrogens with zero attached hydrogens (tertiary/aromatic N) is 5. The first kappa shape index (κ1) is 24.7. The summed E-state index contributed by atoms with van der Waals surface area (Å²) in [5, 5.41) is 18.5. The summed E-state index contributed by atoms with van der Waals surface area (Å²) in [5.74, 6) is 0.328. The van der Waals surface area contributed by atoms with Crippen LogP contribution in [0.5, 0.6) is 0 Å². The molecule has 6 rings (SSSR count). The average molecular weight is 526 g/mol. The Hall–Kier alpha value is -4.57. The summed E-state index contributed by atoms with van der Waals surface area (Å²) >= 11 is 0. The number of aliphatic hydroxyl groups is 1. The van der Waals surface area contributed by atoms with Crippen molar-refractivity contribution >= 4 is 28.2 Å². The van der Waals surface area contributed by atoms with Gasteiger partial charge in [-0.1, -0.05) is 18.2 Å². The van der Waals surface area contributed by atoms with Crippen LogP contribution in [0.25, 0.3) is 27.7 Å². The number of pyridine rings is 1. The number of aliphatic hydroxyl groups excluding tert-OH is 1. The molecule has 3 aromatic heterocycles. The lowest BCUT2D eigenvalue weighted by Gasteiger charge is -2.16. The van der Waals surface area contributed by atoms with Crippen molar-refractivity contribution < 1.29 is 9.50 Å². The molecule has 0 unspecified atom stereocenters. The van der Waals surface area contributed by atoms with Gasteiger partial charge in [-0.3, -0.25) is 14.0 Å². The van der Waals surface area contributed by atoms with E-state index in [1.165, 1.54) is 10.6 Å². The van der Waals surface area contributed by atoms with Crippen LogP contribution in [0.15, 0.2) is 65.8 Å². The van der Waals surface area contributed by atoms with E-state index >= 15 is 4.39 Å². The van der Waals surface area contributed by atoms with Gasteiger partial charge in [0.25, 0.3) is 5.56 Å². The van der Waals surface area contributed by atoms with Crippen molar-refractivity contribution in [2.45, 2.75) is 45.3 Å². The van der Waals surface area contributed by atoms with Gasteiger partial charge in [0.1, 0.15) is 11.6 Å². The van der Waals surface area contributed by atoms with Crippen LogP contribution < -0.4 is 16.6 Å². The Morgan fingerprint density at radius 2 is 2.00 bits per heavy atom. The number of benzene rings is 2. The molecular formula is C29H28FN7O2. The monoisotopic (exact) mass is 525 g/mol. The molecule has 0 saturated heterocycles. The van der Waals surface area contributed by atoms with Gasteiger partial charge in [-0.05, 0) is 61.8 Å². The van der Waals surface area contributed by atoms with Gasteiger partial charge in [0, 0.05) is 35.6 Å². The smallest absolute Gasteiger partial charge is 0.265 e. The predicted octanol–water partition coefficient (Wildman–Crippen LogP) is 5.06. The fourth-order valence-electron chi connectivity index (χ4n) is 4.87. The average Bonchev–Trinajstić information content (AvgIpc) is 3.66. The van der Waals surface area contributed by atoms with Gasteiger partial charge in [-0.15, -0.1) is 0 Å². The van der Waals surface area contributed by atoms with E-state index in [2.05, 4.69) is 20.4 Å². The van der Waals surface area contributed by atoms with Gasteiger partial charge in [-0.25, -0.2) is 9.37 Å². The third-order valence-electron chi connectivity index (χ3n) is 7.01. The van der Waals surface area contributed by atoms with E-state index in [0.29, 0.717) is 39.5 Å². The molecule has 0 amide bonds. The molecular weight excluding hydrogens is 497 g/mol. The molecule has 1 aliphatic carbocycles. The second-order valence-electron chi connectivity index (χ2n) is 10.1. The summed E-state index contributed by atoms with van der Waals surface area (Å²) < 4.78 is 18.3. The second-order valence-corrected chi connectivity index (χ2v) is 10.1. The fourth-order valence-corrected chi connectivity index (χ4v) is 4.87. The molecule has 1 saturated carbocycles. The number of aromatic nitrogens is 5. The molecule has 10 heteroatoms.